The number of anilines is 1. The van der Waals surface area contributed by atoms with Crippen LogP contribution in [0.25, 0.3) is 0 Å². The van der Waals surface area contributed by atoms with E-state index in [1.54, 1.807) is 12.1 Å². The zero-order valence-corrected chi connectivity index (χ0v) is 17.3. The fourth-order valence-electron chi connectivity index (χ4n) is 2.73. The number of aryl methyl sites for hydroxylation is 2. The van der Waals surface area contributed by atoms with Crippen molar-refractivity contribution in [2.24, 2.45) is 0 Å². The third-order valence-electron chi connectivity index (χ3n) is 4.60. The van der Waals surface area contributed by atoms with E-state index in [1.807, 2.05) is 64.0 Å². The Bertz CT molecular complexity index is 830. The van der Waals surface area contributed by atoms with E-state index in [0.29, 0.717) is 18.7 Å². The molecule has 2 aromatic carbocycles. The van der Waals surface area contributed by atoms with Crippen LogP contribution in [-0.4, -0.2) is 45.6 Å². The number of benzene rings is 2. The van der Waals surface area contributed by atoms with E-state index in [2.05, 4.69) is 10.6 Å². The van der Waals surface area contributed by atoms with E-state index in [0.717, 1.165) is 28.1 Å². The smallest absolute Gasteiger partial charge is 0.258 e. The molecular formula is C22H29N3O3. The molecule has 0 saturated heterocycles. The Kier molecular flexibility index (Phi) is 7.44. The molecule has 0 aromatic heterocycles. The van der Waals surface area contributed by atoms with E-state index in [9.17, 15) is 9.59 Å². The Morgan fingerprint density at radius 2 is 1.50 bits per heavy atom. The molecule has 0 saturated carbocycles. The van der Waals surface area contributed by atoms with Crippen molar-refractivity contribution in [3.8, 4) is 5.75 Å². The van der Waals surface area contributed by atoms with Crippen LogP contribution in [0, 0.1) is 20.8 Å². The van der Waals surface area contributed by atoms with Crippen LogP contribution in [0.2, 0.25) is 0 Å². The van der Waals surface area contributed by atoms with Gasteiger partial charge in [0, 0.05) is 38.4 Å². The van der Waals surface area contributed by atoms with Crippen molar-refractivity contribution in [1.29, 1.82) is 0 Å². The second-order valence-electron chi connectivity index (χ2n) is 6.99. The number of carbonyl (C=O) groups excluding carboxylic acids is 2. The largest absolute Gasteiger partial charge is 0.483 e. The quantitative estimate of drug-likeness (QED) is 0.688. The Morgan fingerprint density at radius 1 is 0.893 bits per heavy atom. The molecule has 0 fully saturated rings. The molecule has 0 atom stereocenters. The minimum atomic E-state index is -0.218. The average Bonchev–Trinajstić information content (AvgIpc) is 2.68. The molecule has 0 heterocycles. The molecule has 2 aromatic rings. The monoisotopic (exact) mass is 383 g/mol. The van der Waals surface area contributed by atoms with E-state index in [-0.39, 0.29) is 18.4 Å². The summed E-state index contributed by atoms with van der Waals surface area (Å²) in [6.07, 6.45) is 0. The van der Waals surface area contributed by atoms with Gasteiger partial charge in [-0.25, -0.2) is 0 Å². The second-order valence-corrected chi connectivity index (χ2v) is 6.99. The maximum Gasteiger partial charge on any atom is 0.258 e. The van der Waals surface area contributed by atoms with E-state index in [4.69, 9.17) is 4.74 Å². The summed E-state index contributed by atoms with van der Waals surface area (Å²) >= 11 is 0. The predicted molar refractivity (Wildman–Crippen MR) is 112 cm³/mol. The van der Waals surface area contributed by atoms with Gasteiger partial charge in [0.2, 0.25) is 0 Å². The highest BCUT2D eigenvalue weighted by atomic mass is 16.5. The fraction of sp³-hybridized carbons (Fsp3) is 0.364. The van der Waals surface area contributed by atoms with Gasteiger partial charge in [0.05, 0.1) is 0 Å². The van der Waals surface area contributed by atoms with Gasteiger partial charge in [-0.3, -0.25) is 9.59 Å². The molecule has 0 spiro atoms. The lowest BCUT2D eigenvalue weighted by molar-refractivity contribution is -0.123. The number of nitrogens with zero attached hydrogens (tertiary/aromatic N) is 1. The lowest BCUT2D eigenvalue weighted by Gasteiger charge is -2.14. The second kappa shape index (κ2) is 9.78. The molecule has 0 aliphatic heterocycles. The van der Waals surface area contributed by atoms with Crippen LogP contribution in [0.3, 0.4) is 0 Å². The molecule has 0 aliphatic rings. The first-order valence-electron chi connectivity index (χ1n) is 9.31. The molecule has 2 amide bonds. The fourth-order valence-corrected chi connectivity index (χ4v) is 2.73. The molecule has 6 heteroatoms. The van der Waals surface area contributed by atoms with E-state index < -0.39 is 0 Å². The summed E-state index contributed by atoms with van der Waals surface area (Å²) in [6, 6.07) is 11.4. The molecule has 2 N–H and O–H groups in total. The maximum atomic E-state index is 12.1. The van der Waals surface area contributed by atoms with Crippen LogP contribution in [0.1, 0.15) is 27.0 Å². The molecule has 28 heavy (non-hydrogen) atoms. The third-order valence-corrected chi connectivity index (χ3v) is 4.60. The van der Waals surface area contributed by atoms with Gasteiger partial charge < -0.3 is 20.3 Å². The van der Waals surface area contributed by atoms with E-state index >= 15 is 0 Å². The van der Waals surface area contributed by atoms with Crippen LogP contribution in [0.15, 0.2) is 36.4 Å². The van der Waals surface area contributed by atoms with Crippen LogP contribution >= 0.6 is 0 Å². The van der Waals surface area contributed by atoms with Crippen molar-refractivity contribution in [3.05, 3.63) is 58.7 Å². The molecule has 2 rings (SSSR count). The zero-order valence-electron chi connectivity index (χ0n) is 17.3. The van der Waals surface area contributed by atoms with Crippen LogP contribution in [0.5, 0.6) is 5.75 Å². The number of nitrogens with one attached hydrogen (secondary N) is 2. The molecule has 0 radical (unpaired) electrons. The summed E-state index contributed by atoms with van der Waals surface area (Å²) in [6.45, 7) is 6.60. The van der Waals surface area contributed by atoms with Crippen molar-refractivity contribution in [2.75, 3.05) is 38.7 Å². The first-order chi connectivity index (χ1) is 13.3. The highest BCUT2D eigenvalue weighted by Crippen LogP contribution is 2.25. The van der Waals surface area contributed by atoms with Gasteiger partial charge in [0.1, 0.15) is 5.75 Å². The number of carbonyl (C=O) groups is 2. The summed E-state index contributed by atoms with van der Waals surface area (Å²) < 4.78 is 5.68. The number of amides is 2. The first-order valence-corrected chi connectivity index (χ1v) is 9.31. The highest BCUT2D eigenvalue weighted by molar-refractivity contribution is 5.94. The number of ether oxygens (including phenoxy) is 1. The number of hydrogen-bond acceptors (Lipinski definition) is 4. The predicted octanol–water partition coefficient (Wildman–Crippen LogP) is 2.60. The standard InChI is InChI=1S/C22H29N3O3/c1-15-6-7-16(2)21(17(15)3)28-14-20(26)23-12-13-24-22(27)18-8-10-19(11-9-18)25(4)5/h6-11H,12-14H2,1-5H3,(H,23,26)(H,24,27). The minimum Gasteiger partial charge on any atom is -0.483 e. The summed E-state index contributed by atoms with van der Waals surface area (Å²) in [5, 5.41) is 5.55. The summed E-state index contributed by atoms with van der Waals surface area (Å²) in [7, 11) is 3.89. The van der Waals surface area contributed by atoms with Gasteiger partial charge in [-0.2, -0.15) is 0 Å². The summed E-state index contributed by atoms with van der Waals surface area (Å²) in [4.78, 5) is 26.1. The number of rotatable bonds is 8. The topological polar surface area (TPSA) is 70.7 Å². The van der Waals surface area contributed by atoms with Crippen LogP contribution in [0.4, 0.5) is 5.69 Å². The van der Waals surface area contributed by atoms with Gasteiger partial charge >= 0.3 is 0 Å². The Hall–Kier alpha value is -3.02. The maximum absolute atomic E-state index is 12.1. The molecule has 0 aliphatic carbocycles. The number of hydrogen-bond donors (Lipinski definition) is 2. The van der Waals surface area contributed by atoms with Gasteiger partial charge in [-0.05, 0) is 61.7 Å². The molecular weight excluding hydrogens is 354 g/mol. The molecule has 0 unspecified atom stereocenters. The molecule has 0 bridgehead atoms. The van der Waals surface area contributed by atoms with Gasteiger partial charge in [0.15, 0.2) is 6.61 Å². The Labute approximate surface area is 166 Å². The lowest BCUT2D eigenvalue weighted by atomic mass is 10.1. The Morgan fingerprint density at radius 3 is 2.14 bits per heavy atom. The van der Waals surface area contributed by atoms with Crippen molar-refractivity contribution in [1.82, 2.24) is 10.6 Å². The lowest BCUT2D eigenvalue weighted by Crippen LogP contribution is -2.36. The van der Waals surface area contributed by atoms with E-state index in [1.165, 1.54) is 0 Å². The van der Waals surface area contributed by atoms with Gasteiger partial charge in [-0.15, -0.1) is 0 Å². The van der Waals surface area contributed by atoms with Crippen LogP contribution in [-0.2, 0) is 4.79 Å². The zero-order chi connectivity index (χ0) is 20.7. The highest BCUT2D eigenvalue weighted by Gasteiger charge is 2.10. The van der Waals surface area contributed by atoms with Crippen molar-refractivity contribution >= 4 is 17.5 Å². The third kappa shape index (κ3) is 5.74. The average molecular weight is 383 g/mol. The molecule has 6 nitrogen and oxygen atoms in total. The summed E-state index contributed by atoms with van der Waals surface area (Å²) in [5.74, 6) is 0.372. The van der Waals surface area contributed by atoms with Crippen molar-refractivity contribution in [3.63, 3.8) is 0 Å². The van der Waals surface area contributed by atoms with Crippen LogP contribution < -0.4 is 20.3 Å². The van der Waals surface area contributed by atoms with Crippen molar-refractivity contribution < 1.29 is 14.3 Å². The molecule has 150 valence electrons. The van der Waals surface area contributed by atoms with Gasteiger partial charge in [0.25, 0.3) is 11.8 Å². The first kappa shape index (κ1) is 21.3. The van der Waals surface area contributed by atoms with Crippen molar-refractivity contribution in [2.45, 2.75) is 20.8 Å². The summed E-state index contributed by atoms with van der Waals surface area (Å²) in [5.41, 5.74) is 4.79. The minimum absolute atomic E-state index is 0.0505. The van der Waals surface area contributed by atoms with Gasteiger partial charge in [-0.1, -0.05) is 12.1 Å². The SMILES string of the molecule is Cc1ccc(C)c(OCC(=O)NCCNC(=O)c2ccc(N(C)C)cc2)c1C. The Balaban J connectivity index is 1.72. The normalized spacial score (nSPS) is 10.3.